The van der Waals surface area contributed by atoms with Crippen molar-refractivity contribution >= 4 is 12.3 Å². The molecule has 0 aliphatic heterocycles. The Morgan fingerprint density at radius 2 is 1.62 bits per heavy atom. The molecule has 5 aliphatic rings. The molecule has 4 saturated carbocycles. The predicted octanol–water partition coefficient (Wildman–Crippen LogP) is 6.41. The van der Waals surface area contributed by atoms with Crippen molar-refractivity contribution in [1.29, 1.82) is 0 Å². The highest BCUT2D eigenvalue weighted by atomic mass is 16.4. The number of aldehydes is 1. The van der Waals surface area contributed by atoms with E-state index in [1.54, 1.807) is 0 Å². The summed E-state index contributed by atoms with van der Waals surface area (Å²) in [5, 5.41) is 21.3. The molecule has 5 aliphatic carbocycles. The lowest BCUT2D eigenvalue weighted by molar-refractivity contribution is -0.204. The van der Waals surface area contributed by atoms with Crippen LogP contribution in [0, 0.1) is 50.2 Å². The van der Waals surface area contributed by atoms with Crippen LogP contribution < -0.4 is 0 Å². The first kappa shape index (κ1) is 24.5. The first-order valence-electron chi connectivity index (χ1n) is 13.8. The lowest BCUT2D eigenvalue weighted by Gasteiger charge is -2.70. The highest BCUT2D eigenvalue weighted by molar-refractivity contribution is 5.76. The largest absolute Gasteiger partial charge is 0.481 e. The fourth-order valence-corrected chi connectivity index (χ4v) is 10.5. The number of carbonyl (C=O) groups excluding carboxylic acids is 1. The van der Waals surface area contributed by atoms with Gasteiger partial charge in [-0.25, -0.2) is 0 Å². The van der Waals surface area contributed by atoms with E-state index in [1.165, 1.54) is 5.57 Å². The van der Waals surface area contributed by atoms with Crippen molar-refractivity contribution in [2.75, 3.05) is 0 Å². The first-order chi connectivity index (χ1) is 15.7. The highest BCUT2D eigenvalue weighted by Gasteiger charge is 2.69. The molecule has 0 radical (unpaired) electrons. The van der Waals surface area contributed by atoms with Gasteiger partial charge in [0.2, 0.25) is 0 Å². The third-order valence-electron chi connectivity index (χ3n) is 13.0. The number of carbonyl (C=O) groups is 2. The summed E-state index contributed by atoms with van der Waals surface area (Å²) in [4.78, 5) is 25.1. The molecule has 0 aromatic rings. The van der Waals surface area contributed by atoms with Crippen molar-refractivity contribution < 1.29 is 19.8 Å². The maximum absolute atomic E-state index is 12.8. The number of carboxylic acids is 1. The summed E-state index contributed by atoms with van der Waals surface area (Å²) in [7, 11) is 0. The second kappa shape index (κ2) is 7.20. The summed E-state index contributed by atoms with van der Waals surface area (Å²) in [5.74, 6) is 0.201. The molecule has 34 heavy (non-hydrogen) atoms. The molecule has 190 valence electrons. The number of hydrogen-bond acceptors (Lipinski definition) is 3. The maximum Gasteiger partial charge on any atom is 0.310 e. The second-order valence-corrected chi connectivity index (χ2v) is 14.7. The number of aliphatic hydroxyl groups excluding tert-OH is 1. The Bertz CT molecular complexity index is 936. The van der Waals surface area contributed by atoms with E-state index in [1.807, 2.05) is 6.92 Å². The van der Waals surface area contributed by atoms with Crippen LogP contribution in [-0.2, 0) is 9.59 Å². The van der Waals surface area contributed by atoms with E-state index in [2.05, 4.69) is 40.7 Å². The molecule has 0 aromatic carbocycles. The van der Waals surface area contributed by atoms with Crippen LogP contribution in [-0.4, -0.2) is 28.6 Å². The van der Waals surface area contributed by atoms with Gasteiger partial charge in [-0.3, -0.25) is 4.79 Å². The third kappa shape index (κ3) is 2.81. The summed E-state index contributed by atoms with van der Waals surface area (Å²) in [6.45, 7) is 14.0. The summed E-state index contributed by atoms with van der Waals surface area (Å²) in [6.07, 6.45) is 12.1. The molecule has 2 unspecified atom stereocenters. The Morgan fingerprint density at radius 3 is 2.26 bits per heavy atom. The average molecular weight is 471 g/mol. The molecular formula is C30H46O4. The molecule has 4 nitrogen and oxygen atoms in total. The van der Waals surface area contributed by atoms with Gasteiger partial charge in [0.05, 0.1) is 16.9 Å². The van der Waals surface area contributed by atoms with Crippen molar-refractivity contribution in [3.05, 3.63) is 11.6 Å². The summed E-state index contributed by atoms with van der Waals surface area (Å²) in [6, 6.07) is 0. The summed E-state index contributed by atoms with van der Waals surface area (Å²) in [5.41, 5.74) is 0.446. The smallest absolute Gasteiger partial charge is 0.310 e. The average Bonchev–Trinajstić information content (AvgIpc) is 2.76. The van der Waals surface area contributed by atoms with Gasteiger partial charge in [-0.15, -0.1) is 0 Å². The first-order valence-corrected chi connectivity index (χ1v) is 13.8. The van der Waals surface area contributed by atoms with Gasteiger partial charge in [-0.2, -0.15) is 0 Å². The zero-order valence-corrected chi connectivity index (χ0v) is 22.2. The van der Waals surface area contributed by atoms with Crippen LogP contribution in [0.3, 0.4) is 0 Å². The molecular weight excluding hydrogens is 424 g/mol. The van der Waals surface area contributed by atoms with E-state index >= 15 is 0 Å². The zero-order valence-electron chi connectivity index (χ0n) is 22.2. The monoisotopic (exact) mass is 470 g/mol. The highest BCUT2D eigenvalue weighted by Crippen LogP contribution is 2.75. The lowest BCUT2D eigenvalue weighted by atomic mass is 9.33. The van der Waals surface area contributed by atoms with E-state index in [0.717, 1.165) is 64.1 Å². The van der Waals surface area contributed by atoms with Crippen molar-refractivity contribution in [2.24, 2.45) is 50.2 Å². The Morgan fingerprint density at radius 1 is 0.941 bits per heavy atom. The van der Waals surface area contributed by atoms with Crippen LogP contribution in [0.4, 0.5) is 0 Å². The van der Waals surface area contributed by atoms with Gasteiger partial charge < -0.3 is 15.0 Å². The number of rotatable bonds is 2. The third-order valence-corrected chi connectivity index (χ3v) is 13.0. The van der Waals surface area contributed by atoms with Gasteiger partial charge >= 0.3 is 5.97 Å². The van der Waals surface area contributed by atoms with E-state index in [-0.39, 0.29) is 33.5 Å². The van der Waals surface area contributed by atoms with Gasteiger partial charge in [-0.05, 0) is 104 Å². The van der Waals surface area contributed by atoms with Gasteiger partial charge in [0.15, 0.2) is 0 Å². The van der Waals surface area contributed by atoms with Crippen molar-refractivity contribution in [2.45, 2.75) is 112 Å². The molecule has 0 saturated heterocycles. The quantitative estimate of drug-likeness (QED) is 0.361. The summed E-state index contributed by atoms with van der Waals surface area (Å²) >= 11 is 0. The molecule has 0 spiro atoms. The number of aliphatic hydroxyl groups is 1. The molecule has 0 heterocycles. The minimum Gasteiger partial charge on any atom is -0.481 e. The maximum atomic E-state index is 12.8. The van der Waals surface area contributed by atoms with Crippen LogP contribution in [0.25, 0.3) is 0 Å². The molecule has 9 atom stereocenters. The number of carboxylic acid groups (broad SMARTS) is 1. The zero-order chi connectivity index (χ0) is 24.9. The van der Waals surface area contributed by atoms with Gasteiger partial charge in [-0.1, -0.05) is 53.2 Å². The Kier molecular flexibility index (Phi) is 5.20. The van der Waals surface area contributed by atoms with E-state index in [4.69, 9.17) is 0 Å². The molecule has 2 N–H and O–H groups in total. The molecule has 0 amide bonds. The fraction of sp³-hybridized carbons (Fsp3) is 0.867. The number of allylic oxidation sites excluding steroid dienone is 2. The second-order valence-electron chi connectivity index (χ2n) is 14.7. The number of fused-ring (bicyclic) bond motifs is 7. The standard InChI is InChI=1S/C30H46O4/c1-25(2)13-15-30(24(33)34)16-14-28(5)19(20(30)17-25)7-8-22-26(3)11-10-23(32)27(4,18-31)21(26)9-12-29(22,28)6/h7,18,20-23,32H,8-17H2,1-6H3,(H,33,34)/t20-,21?,22?,23-,26-,27-,28+,29+,30-/m0/s1. The van der Waals surface area contributed by atoms with Gasteiger partial charge in [0.1, 0.15) is 6.29 Å². The van der Waals surface area contributed by atoms with Crippen LogP contribution in [0.2, 0.25) is 0 Å². The van der Waals surface area contributed by atoms with Crippen LogP contribution >= 0.6 is 0 Å². The predicted molar refractivity (Wildman–Crippen MR) is 133 cm³/mol. The van der Waals surface area contributed by atoms with Crippen LogP contribution in [0.5, 0.6) is 0 Å². The molecule has 0 aromatic heterocycles. The van der Waals surface area contributed by atoms with E-state index in [0.29, 0.717) is 12.3 Å². The van der Waals surface area contributed by atoms with Crippen LogP contribution in [0.15, 0.2) is 11.6 Å². The number of hydrogen-bond donors (Lipinski definition) is 2. The molecule has 4 fully saturated rings. The fourth-order valence-electron chi connectivity index (χ4n) is 10.5. The van der Waals surface area contributed by atoms with Crippen molar-refractivity contribution in [3.63, 3.8) is 0 Å². The van der Waals surface area contributed by atoms with Crippen molar-refractivity contribution in [3.8, 4) is 0 Å². The number of aliphatic carboxylic acids is 1. The SMILES string of the molecule is CC1(C)CC[C@]2(C(=O)O)CC[C@]3(C)C(=CCC4[C@@]5(C)CC[C@H](O)[C@@](C)(C=O)C5CC[C@]43C)[C@@H]2C1. The minimum atomic E-state index is -0.669. The normalized spacial score (nSPS) is 53.9. The van der Waals surface area contributed by atoms with E-state index in [9.17, 15) is 19.8 Å². The van der Waals surface area contributed by atoms with Crippen molar-refractivity contribution in [1.82, 2.24) is 0 Å². The summed E-state index contributed by atoms with van der Waals surface area (Å²) < 4.78 is 0. The molecule has 0 bridgehead atoms. The minimum absolute atomic E-state index is 0.00538. The lowest BCUT2D eigenvalue weighted by Crippen LogP contribution is -2.65. The molecule has 4 heteroatoms. The van der Waals surface area contributed by atoms with Crippen LogP contribution in [0.1, 0.15) is 106 Å². The Hall–Kier alpha value is -1.16. The Balaban J connectivity index is 1.60. The van der Waals surface area contributed by atoms with Gasteiger partial charge in [0.25, 0.3) is 0 Å². The Labute approximate surface area is 206 Å². The van der Waals surface area contributed by atoms with E-state index < -0.39 is 22.9 Å². The topological polar surface area (TPSA) is 74.6 Å². The van der Waals surface area contributed by atoms with Gasteiger partial charge in [0, 0.05) is 0 Å². The molecule has 5 rings (SSSR count).